The van der Waals surface area contributed by atoms with Crippen molar-refractivity contribution in [1.29, 1.82) is 0 Å². The molecule has 1 heterocycles. The summed E-state index contributed by atoms with van der Waals surface area (Å²) in [5.41, 5.74) is 6.94. The fraction of sp³-hybridized carbons (Fsp3) is 0.231. The Morgan fingerprint density at radius 1 is 1.41 bits per heavy atom. The number of pyridine rings is 1. The van der Waals surface area contributed by atoms with E-state index in [0.29, 0.717) is 12.1 Å². The molecule has 1 aromatic heterocycles. The van der Waals surface area contributed by atoms with Gasteiger partial charge in [0.1, 0.15) is 0 Å². The van der Waals surface area contributed by atoms with Crippen molar-refractivity contribution in [2.24, 2.45) is 5.73 Å². The Balaban J connectivity index is 2.38. The molecule has 0 unspecified atom stereocenters. The van der Waals surface area contributed by atoms with Crippen LogP contribution in [0.5, 0.6) is 0 Å². The summed E-state index contributed by atoms with van der Waals surface area (Å²) in [5.74, 6) is -0.110. The zero-order chi connectivity index (χ0) is 12.3. The normalized spacial score (nSPS) is 12.4. The third-order valence-electron chi connectivity index (χ3n) is 2.62. The Hall–Kier alpha value is -1.94. The molecular formula is C13H15N3O. The topological polar surface area (TPSA) is 68.0 Å². The molecule has 0 aliphatic heterocycles. The first-order valence-electron chi connectivity index (χ1n) is 5.57. The number of carbonyl (C=O) groups excluding carboxylic acids is 1. The van der Waals surface area contributed by atoms with Gasteiger partial charge in [-0.15, -0.1) is 0 Å². The second-order valence-corrected chi connectivity index (χ2v) is 3.99. The van der Waals surface area contributed by atoms with Crippen LogP contribution in [0.3, 0.4) is 0 Å². The summed E-state index contributed by atoms with van der Waals surface area (Å²) in [6.07, 6.45) is 1.64. The third-order valence-corrected chi connectivity index (χ3v) is 2.62. The van der Waals surface area contributed by atoms with Gasteiger partial charge in [0.05, 0.1) is 11.1 Å². The van der Waals surface area contributed by atoms with Gasteiger partial charge in [0.15, 0.2) is 0 Å². The molecule has 17 heavy (non-hydrogen) atoms. The molecule has 0 radical (unpaired) electrons. The van der Waals surface area contributed by atoms with E-state index < -0.39 is 0 Å². The van der Waals surface area contributed by atoms with E-state index in [1.54, 1.807) is 12.3 Å². The minimum atomic E-state index is -0.110. The van der Waals surface area contributed by atoms with E-state index >= 15 is 0 Å². The Labute approximate surface area is 99.8 Å². The van der Waals surface area contributed by atoms with E-state index in [0.717, 1.165) is 10.9 Å². The molecule has 0 saturated carbocycles. The molecule has 0 fully saturated rings. The minimum Gasteiger partial charge on any atom is -0.348 e. The van der Waals surface area contributed by atoms with Gasteiger partial charge in [-0.1, -0.05) is 18.2 Å². The standard InChI is InChI=1S/C13H15N3O/c1-9(8-14)16-13(17)11-6-7-15-12-5-3-2-4-10(11)12/h2-7,9H,8,14H2,1H3,(H,16,17)/t9-/m1/s1. The Bertz CT molecular complexity index is 534. The number of nitrogens with two attached hydrogens (primary N) is 1. The van der Waals surface area contributed by atoms with Crippen molar-refractivity contribution in [1.82, 2.24) is 10.3 Å². The molecule has 3 N–H and O–H groups in total. The molecule has 0 saturated heterocycles. The minimum absolute atomic E-state index is 0.0329. The van der Waals surface area contributed by atoms with Gasteiger partial charge in [-0.3, -0.25) is 9.78 Å². The largest absolute Gasteiger partial charge is 0.348 e. The first kappa shape index (κ1) is 11.5. The van der Waals surface area contributed by atoms with Crippen molar-refractivity contribution >= 4 is 16.8 Å². The first-order chi connectivity index (χ1) is 8.22. The van der Waals surface area contributed by atoms with Gasteiger partial charge in [-0.25, -0.2) is 0 Å². The zero-order valence-corrected chi connectivity index (χ0v) is 9.68. The van der Waals surface area contributed by atoms with Gasteiger partial charge >= 0.3 is 0 Å². The second-order valence-electron chi connectivity index (χ2n) is 3.99. The van der Waals surface area contributed by atoms with Crippen molar-refractivity contribution in [3.8, 4) is 0 Å². The molecule has 0 bridgehead atoms. The Morgan fingerprint density at radius 3 is 2.94 bits per heavy atom. The molecule has 1 amide bonds. The molecule has 0 aliphatic rings. The summed E-state index contributed by atoms with van der Waals surface area (Å²) in [6, 6.07) is 9.27. The van der Waals surface area contributed by atoms with E-state index in [1.807, 2.05) is 31.2 Å². The van der Waals surface area contributed by atoms with E-state index in [1.165, 1.54) is 0 Å². The highest BCUT2D eigenvalue weighted by Gasteiger charge is 2.11. The number of amides is 1. The Kier molecular flexibility index (Phi) is 3.35. The van der Waals surface area contributed by atoms with Crippen molar-refractivity contribution in [3.05, 3.63) is 42.1 Å². The van der Waals surface area contributed by atoms with E-state index in [2.05, 4.69) is 10.3 Å². The Morgan fingerprint density at radius 2 is 2.18 bits per heavy atom. The molecule has 0 spiro atoms. The number of nitrogens with zero attached hydrogens (tertiary/aromatic N) is 1. The summed E-state index contributed by atoms with van der Waals surface area (Å²) in [7, 11) is 0. The maximum atomic E-state index is 12.0. The summed E-state index contributed by atoms with van der Waals surface area (Å²) in [4.78, 5) is 16.3. The van der Waals surface area contributed by atoms with Crippen LogP contribution >= 0.6 is 0 Å². The zero-order valence-electron chi connectivity index (χ0n) is 9.68. The number of benzene rings is 1. The lowest BCUT2D eigenvalue weighted by Gasteiger charge is -2.12. The van der Waals surface area contributed by atoms with Crippen LogP contribution in [-0.2, 0) is 0 Å². The van der Waals surface area contributed by atoms with Gasteiger partial charge in [-0.05, 0) is 19.1 Å². The number of carbonyl (C=O) groups is 1. The predicted octanol–water partition coefficient (Wildman–Crippen LogP) is 1.31. The van der Waals surface area contributed by atoms with Gasteiger partial charge in [0.2, 0.25) is 0 Å². The summed E-state index contributed by atoms with van der Waals surface area (Å²) in [6.45, 7) is 2.30. The highest BCUT2D eigenvalue weighted by molar-refractivity contribution is 6.06. The third kappa shape index (κ3) is 2.42. The quantitative estimate of drug-likeness (QED) is 0.833. The van der Waals surface area contributed by atoms with Gasteiger partial charge < -0.3 is 11.1 Å². The van der Waals surface area contributed by atoms with Crippen LogP contribution in [0, 0.1) is 0 Å². The SMILES string of the molecule is C[C@H](CN)NC(=O)c1ccnc2ccccc12. The number of nitrogens with one attached hydrogen (secondary N) is 1. The molecule has 2 rings (SSSR count). The molecule has 4 heteroatoms. The van der Waals surface area contributed by atoms with Crippen LogP contribution in [0.25, 0.3) is 10.9 Å². The smallest absolute Gasteiger partial charge is 0.252 e. The summed E-state index contributed by atoms with van der Waals surface area (Å²) >= 11 is 0. The fourth-order valence-electron chi connectivity index (χ4n) is 1.65. The maximum Gasteiger partial charge on any atom is 0.252 e. The lowest BCUT2D eigenvalue weighted by atomic mass is 10.1. The summed E-state index contributed by atoms with van der Waals surface area (Å²) < 4.78 is 0. The van der Waals surface area contributed by atoms with Gasteiger partial charge in [0.25, 0.3) is 5.91 Å². The number of aromatic nitrogens is 1. The molecule has 2 aromatic rings. The molecule has 4 nitrogen and oxygen atoms in total. The highest BCUT2D eigenvalue weighted by atomic mass is 16.1. The van der Waals surface area contributed by atoms with Crippen LogP contribution < -0.4 is 11.1 Å². The van der Waals surface area contributed by atoms with Crippen LogP contribution in [0.4, 0.5) is 0 Å². The van der Waals surface area contributed by atoms with Crippen LogP contribution in [0.1, 0.15) is 17.3 Å². The van der Waals surface area contributed by atoms with Crippen LogP contribution in [0.2, 0.25) is 0 Å². The average molecular weight is 229 g/mol. The van der Waals surface area contributed by atoms with Crippen LogP contribution in [0.15, 0.2) is 36.5 Å². The van der Waals surface area contributed by atoms with E-state index in [4.69, 9.17) is 5.73 Å². The van der Waals surface area contributed by atoms with Crippen molar-refractivity contribution in [2.75, 3.05) is 6.54 Å². The average Bonchev–Trinajstić information content (AvgIpc) is 2.37. The second kappa shape index (κ2) is 4.93. The summed E-state index contributed by atoms with van der Waals surface area (Å²) in [5, 5.41) is 3.70. The van der Waals surface area contributed by atoms with E-state index in [-0.39, 0.29) is 11.9 Å². The number of hydrogen-bond donors (Lipinski definition) is 2. The molecule has 88 valence electrons. The fourth-order valence-corrected chi connectivity index (χ4v) is 1.65. The maximum absolute atomic E-state index is 12.0. The van der Waals surface area contributed by atoms with Gasteiger partial charge in [-0.2, -0.15) is 0 Å². The molecular weight excluding hydrogens is 214 g/mol. The lowest BCUT2D eigenvalue weighted by molar-refractivity contribution is 0.0943. The van der Waals surface area contributed by atoms with Crippen molar-refractivity contribution in [3.63, 3.8) is 0 Å². The number of para-hydroxylation sites is 1. The van der Waals surface area contributed by atoms with Gasteiger partial charge in [0, 0.05) is 24.2 Å². The predicted molar refractivity (Wildman–Crippen MR) is 67.7 cm³/mol. The highest BCUT2D eigenvalue weighted by Crippen LogP contribution is 2.15. The van der Waals surface area contributed by atoms with Crippen molar-refractivity contribution in [2.45, 2.75) is 13.0 Å². The lowest BCUT2D eigenvalue weighted by Crippen LogP contribution is -2.37. The molecule has 0 aliphatic carbocycles. The van der Waals surface area contributed by atoms with E-state index in [9.17, 15) is 4.79 Å². The number of fused-ring (bicyclic) bond motifs is 1. The number of rotatable bonds is 3. The molecule has 1 atom stereocenters. The number of hydrogen-bond acceptors (Lipinski definition) is 3. The molecule has 1 aromatic carbocycles. The van der Waals surface area contributed by atoms with Crippen LogP contribution in [-0.4, -0.2) is 23.5 Å². The first-order valence-corrected chi connectivity index (χ1v) is 5.57. The monoisotopic (exact) mass is 229 g/mol. The van der Waals surface area contributed by atoms with Crippen molar-refractivity contribution < 1.29 is 4.79 Å².